The summed E-state index contributed by atoms with van der Waals surface area (Å²) in [7, 11) is 7.43. The molecule has 1 aromatic heterocycles. The second kappa shape index (κ2) is 7.33. The van der Waals surface area contributed by atoms with Crippen molar-refractivity contribution in [3.63, 3.8) is 0 Å². The highest BCUT2D eigenvalue weighted by Gasteiger charge is 2.16. The monoisotopic (exact) mass is 316 g/mol. The average molecular weight is 316 g/mol. The molecule has 5 heteroatoms. The zero-order valence-corrected chi connectivity index (χ0v) is 14.4. The second-order valence-electron chi connectivity index (χ2n) is 5.95. The molecule has 0 aliphatic rings. The molecule has 1 aromatic carbocycles. The van der Waals surface area contributed by atoms with Crippen LogP contribution in [0.4, 0.5) is 5.69 Å². The van der Waals surface area contributed by atoms with Crippen molar-refractivity contribution in [1.82, 2.24) is 4.90 Å². The maximum atomic E-state index is 11.6. The number of ether oxygens (including phenoxy) is 1. The Morgan fingerprint density at radius 1 is 1.13 bits per heavy atom. The number of furan rings is 1. The molecule has 124 valence electrons. The predicted molar refractivity (Wildman–Crippen MR) is 90.7 cm³/mol. The van der Waals surface area contributed by atoms with Gasteiger partial charge in [0.2, 0.25) is 5.76 Å². The van der Waals surface area contributed by atoms with E-state index in [-0.39, 0.29) is 5.76 Å². The van der Waals surface area contributed by atoms with Crippen molar-refractivity contribution in [3.8, 4) is 0 Å². The second-order valence-corrected chi connectivity index (χ2v) is 5.95. The van der Waals surface area contributed by atoms with Crippen LogP contribution in [0.15, 0.2) is 34.7 Å². The molecule has 0 saturated carbocycles. The molecule has 0 atom stereocenters. The average Bonchev–Trinajstić information content (AvgIpc) is 2.87. The van der Waals surface area contributed by atoms with E-state index in [1.807, 2.05) is 34.1 Å². The normalized spacial score (nSPS) is 10.9. The number of aryl methyl sites for hydroxylation is 1. The summed E-state index contributed by atoms with van der Waals surface area (Å²) < 4.78 is 10.3. The minimum atomic E-state index is -0.435. The first kappa shape index (κ1) is 17.1. The van der Waals surface area contributed by atoms with Gasteiger partial charge in [-0.3, -0.25) is 4.90 Å². The molecule has 0 saturated heterocycles. The van der Waals surface area contributed by atoms with Crippen LogP contribution in [-0.4, -0.2) is 39.1 Å². The summed E-state index contributed by atoms with van der Waals surface area (Å²) in [6.45, 7) is 3.29. The third-order valence-corrected chi connectivity index (χ3v) is 3.67. The molecule has 23 heavy (non-hydrogen) atoms. The summed E-state index contributed by atoms with van der Waals surface area (Å²) in [6, 6.07) is 10.3. The molecule has 2 aromatic rings. The highest BCUT2D eigenvalue weighted by molar-refractivity contribution is 5.87. The number of methoxy groups -OCH3 is 1. The molecule has 5 nitrogen and oxygen atoms in total. The smallest absolute Gasteiger partial charge is 0.374 e. The Kier molecular flexibility index (Phi) is 5.45. The number of carbonyl (C=O) groups excluding carboxylic acids is 1. The zero-order chi connectivity index (χ0) is 17.0. The van der Waals surface area contributed by atoms with Gasteiger partial charge in [-0.05, 0) is 37.7 Å². The Hall–Kier alpha value is -2.27. The number of nitrogens with zero attached hydrogens (tertiary/aromatic N) is 2. The summed E-state index contributed by atoms with van der Waals surface area (Å²) in [6.07, 6.45) is 0. The molecule has 0 spiro atoms. The van der Waals surface area contributed by atoms with Crippen LogP contribution in [0.5, 0.6) is 0 Å². The van der Waals surface area contributed by atoms with Crippen molar-refractivity contribution in [2.24, 2.45) is 0 Å². The highest BCUT2D eigenvalue weighted by atomic mass is 16.5. The van der Waals surface area contributed by atoms with Crippen molar-refractivity contribution >= 4 is 11.7 Å². The van der Waals surface area contributed by atoms with Gasteiger partial charge in [-0.1, -0.05) is 12.1 Å². The molecule has 0 aliphatic heterocycles. The Labute approximate surface area is 137 Å². The maximum Gasteiger partial charge on any atom is 0.374 e. The SMILES string of the molecule is COC(=O)c1oc(CN(C)Cc2ccc(N(C)C)cc2)cc1C. The fourth-order valence-corrected chi connectivity index (χ4v) is 2.45. The van der Waals surface area contributed by atoms with Gasteiger partial charge in [0.1, 0.15) is 5.76 Å². The van der Waals surface area contributed by atoms with Gasteiger partial charge in [0.15, 0.2) is 0 Å². The number of esters is 1. The summed E-state index contributed by atoms with van der Waals surface area (Å²) in [5, 5.41) is 0. The van der Waals surface area contributed by atoms with Gasteiger partial charge in [0.25, 0.3) is 0 Å². The fraction of sp³-hybridized carbons (Fsp3) is 0.389. The van der Waals surface area contributed by atoms with E-state index in [0.717, 1.165) is 17.9 Å². The summed E-state index contributed by atoms with van der Waals surface area (Å²) >= 11 is 0. The van der Waals surface area contributed by atoms with Crippen LogP contribution >= 0.6 is 0 Å². The lowest BCUT2D eigenvalue weighted by molar-refractivity contribution is 0.0560. The number of benzene rings is 1. The van der Waals surface area contributed by atoms with Crippen molar-refractivity contribution in [3.05, 3.63) is 53.0 Å². The Morgan fingerprint density at radius 2 is 1.78 bits per heavy atom. The van der Waals surface area contributed by atoms with Crippen LogP contribution in [0.1, 0.15) is 27.4 Å². The molecule has 0 amide bonds. The predicted octanol–water partition coefficient (Wildman–Crippen LogP) is 3.07. The van der Waals surface area contributed by atoms with Crippen molar-refractivity contribution in [2.75, 3.05) is 33.2 Å². The lowest BCUT2D eigenvalue weighted by atomic mass is 10.2. The topological polar surface area (TPSA) is 45.9 Å². The van der Waals surface area contributed by atoms with Crippen LogP contribution in [0.25, 0.3) is 0 Å². The first-order valence-electron chi connectivity index (χ1n) is 7.53. The molecule has 2 rings (SSSR count). The van der Waals surface area contributed by atoms with Gasteiger partial charge < -0.3 is 14.1 Å². The van der Waals surface area contributed by atoms with Crippen LogP contribution in [0.2, 0.25) is 0 Å². The summed E-state index contributed by atoms with van der Waals surface area (Å²) in [5.74, 6) is 0.609. The Bertz CT molecular complexity index is 659. The van der Waals surface area contributed by atoms with E-state index in [1.165, 1.54) is 18.4 Å². The molecular weight excluding hydrogens is 292 g/mol. The van der Waals surface area contributed by atoms with Gasteiger partial charge in [0.05, 0.1) is 13.7 Å². The summed E-state index contributed by atoms with van der Waals surface area (Å²) in [4.78, 5) is 15.8. The quantitative estimate of drug-likeness (QED) is 0.767. The third kappa shape index (κ3) is 4.36. The van der Waals surface area contributed by atoms with E-state index in [2.05, 4.69) is 34.1 Å². The standard InChI is InChI=1S/C18H24N2O3/c1-13-10-16(23-17(13)18(21)22-5)12-20(4)11-14-6-8-15(9-7-14)19(2)3/h6-10H,11-12H2,1-5H3. The number of anilines is 1. The van der Waals surface area contributed by atoms with Crippen LogP contribution in [-0.2, 0) is 17.8 Å². The number of hydrogen-bond donors (Lipinski definition) is 0. The number of carbonyl (C=O) groups is 1. The Balaban J connectivity index is 1.99. The first-order valence-corrected chi connectivity index (χ1v) is 7.53. The van der Waals surface area contributed by atoms with E-state index in [1.54, 1.807) is 0 Å². The zero-order valence-electron chi connectivity index (χ0n) is 14.4. The lowest BCUT2D eigenvalue weighted by Gasteiger charge is -2.17. The van der Waals surface area contributed by atoms with E-state index >= 15 is 0 Å². The van der Waals surface area contributed by atoms with Gasteiger partial charge in [-0.25, -0.2) is 4.79 Å². The van der Waals surface area contributed by atoms with E-state index in [9.17, 15) is 4.79 Å². The van der Waals surface area contributed by atoms with Crippen molar-refractivity contribution in [2.45, 2.75) is 20.0 Å². The fourth-order valence-electron chi connectivity index (χ4n) is 2.45. The first-order chi connectivity index (χ1) is 10.9. The van der Waals surface area contributed by atoms with E-state index in [0.29, 0.717) is 6.54 Å². The minimum absolute atomic E-state index is 0.284. The van der Waals surface area contributed by atoms with Gasteiger partial charge in [-0.15, -0.1) is 0 Å². The minimum Gasteiger partial charge on any atom is -0.463 e. The number of hydrogen-bond acceptors (Lipinski definition) is 5. The van der Waals surface area contributed by atoms with Crippen LogP contribution < -0.4 is 4.90 Å². The molecular formula is C18H24N2O3. The molecule has 0 unspecified atom stereocenters. The Morgan fingerprint density at radius 3 is 2.35 bits per heavy atom. The van der Waals surface area contributed by atoms with Crippen LogP contribution in [0, 0.1) is 6.92 Å². The largest absolute Gasteiger partial charge is 0.463 e. The van der Waals surface area contributed by atoms with Gasteiger partial charge in [-0.2, -0.15) is 0 Å². The molecule has 0 bridgehead atoms. The van der Waals surface area contributed by atoms with Gasteiger partial charge in [0, 0.05) is 31.9 Å². The molecule has 0 N–H and O–H groups in total. The molecule has 1 heterocycles. The van der Waals surface area contributed by atoms with Crippen molar-refractivity contribution in [1.29, 1.82) is 0 Å². The van der Waals surface area contributed by atoms with Gasteiger partial charge >= 0.3 is 5.97 Å². The molecule has 0 aliphatic carbocycles. The lowest BCUT2D eigenvalue weighted by Crippen LogP contribution is -2.17. The summed E-state index contributed by atoms with van der Waals surface area (Å²) in [5.41, 5.74) is 3.21. The third-order valence-electron chi connectivity index (χ3n) is 3.67. The van der Waals surface area contributed by atoms with Crippen molar-refractivity contribution < 1.29 is 13.9 Å². The number of rotatable bonds is 6. The maximum absolute atomic E-state index is 11.6. The van der Waals surface area contributed by atoms with Crippen LogP contribution in [0.3, 0.4) is 0 Å². The highest BCUT2D eigenvalue weighted by Crippen LogP contribution is 2.18. The molecule has 0 fully saturated rings. The van der Waals surface area contributed by atoms with E-state index < -0.39 is 5.97 Å². The molecule has 0 radical (unpaired) electrons. The van der Waals surface area contributed by atoms with E-state index in [4.69, 9.17) is 9.15 Å².